The Labute approximate surface area is 208 Å². The van der Waals surface area contributed by atoms with Crippen molar-refractivity contribution in [2.75, 3.05) is 0 Å². The van der Waals surface area contributed by atoms with Gasteiger partial charge in [-0.3, -0.25) is 4.98 Å². The van der Waals surface area contributed by atoms with E-state index < -0.39 is 5.41 Å². The number of aryl methyl sites for hydroxylation is 1. The van der Waals surface area contributed by atoms with Gasteiger partial charge in [0.2, 0.25) is 5.70 Å². The molecule has 0 fully saturated rings. The first-order valence-corrected chi connectivity index (χ1v) is 12.0. The number of carbonyl (C=O) groups is 1. The molecule has 0 spiro atoms. The van der Waals surface area contributed by atoms with E-state index in [1.54, 1.807) is 13.1 Å². The first-order chi connectivity index (χ1) is 17.4. The molecule has 0 unspecified atom stereocenters. The van der Waals surface area contributed by atoms with Gasteiger partial charge in [0.1, 0.15) is 0 Å². The van der Waals surface area contributed by atoms with E-state index in [9.17, 15) is 4.79 Å². The van der Waals surface area contributed by atoms with Crippen molar-refractivity contribution in [3.63, 3.8) is 0 Å². The molecule has 0 radical (unpaired) electrons. The molecule has 0 saturated heterocycles. The molecule has 3 heterocycles. The van der Waals surface area contributed by atoms with Crippen LogP contribution in [0.25, 0.3) is 33.2 Å². The lowest BCUT2D eigenvalue weighted by Gasteiger charge is -2.45. The van der Waals surface area contributed by atoms with Crippen LogP contribution >= 0.6 is 0 Å². The second-order valence-electron chi connectivity index (χ2n) is 9.75. The molecule has 1 aromatic carbocycles. The molecule has 0 N–H and O–H groups in total. The predicted molar refractivity (Wildman–Crippen MR) is 133 cm³/mol. The zero-order chi connectivity index (χ0) is 25.0. The third-order valence-electron chi connectivity index (χ3n) is 7.62. The lowest BCUT2D eigenvalue weighted by atomic mass is 9.58. The molecule has 3 atom stereocenters. The molecule has 8 nitrogen and oxygen atoms in total. The summed E-state index contributed by atoms with van der Waals surface area (Å²) in [6, 6.07) is 11.8. The van der Waals surface area contributed by atoms with E-state index in [-0.39, 0.29) is 23.3 Å². The maximum Gasteiger partial charge on any atom is 0.257 e. The molecule has 6 rings (SSSR count). The number of hydrogen-bond acceptors (Lipinski definition) is 6. The van der Waals surface area contributed by atoms with Gasteiger partial charge in [-0.05, 0) is 62.1 Å². The summed E-state index contributed by atoms with van der Waals surface area (Å²) in [4.78, 5) is 25.1. The summed E-state index contributed by atoms with van der Waals surface area (Å²) in [5.74, 6) is 0.840. The fourth-order valence-electron chi connectivity index (χ4n) is 5.90. The topological polar surface area (TPSA) is 91.1 Å². The van der Waals surface area contributed by atoms with E-state index in [1.807, 2.05) is 60.3 Å². The number of ketones is 1. The molecule has 0 bridgehead atoms. The fraction of sp³-hybridized carbons (Fsp3) is 0.286. The van der Waals surface area contributed by atoms with Crippen molar-refractivity contribution in [3.8, 4) is 28.4 Å². The number of pyridine rings is 1. The van der Waals surface area contributed by atoms with E-state index in [0.29, 0.717) is 11.7 Å². The second-order valence-corrected chi connectivity index (χ2v) is 9.75. The second kappa shape index (κ2) is 8.09. The van der Waals surface area contributed by atoms with Crippen LogP contribution in [0.4, 0.5) is 0 Å². The zero-order valence-corrected chi connectivity index (χ0v) is 20.3. The molecule has 178 valence electrons. The fourth-order valence-corrected chi connectivity index (χ4v) is 5.90. The maximum atomic E-state index is 12.9. The molecule has 36 heavy (non-hydrogen) atoms. The standard InChI is InChI=1S/C28H24N6O2/c1-16-22-12-11-21-24(19-6-5-13-30-15-19)32-34(26(21)28(22,3)14-23(29-4)25(16)35)20-9-7-18(8-10-20)27-31-17(2)33-36-27/h5-10,13-16,22H,11-12H2,1-3H3/t16-,22-,28-/m1/s1. The van der Waals surface area contributed by atoms with Gasteiger partial charge in [-0.15, -0.1) is 0 Å². The average molecular weight is 477 g/mol. The highest BCUT2D eigenvalue weighted by Gasteiger charge is 2.50. The van der Waals surface area contributed by atoms with Crippen molar-refractivity contribution in [2.45, 2.75) is 39.0 Å². The Morgan fingerprint density at radius 1 is 1.19 bits per heavy atom. The number of benzene rings is 1. The summed E-state index contributed by atoms with van der Waals surface area (Å²) >= 11 is 0. The van der Waals surface area contributed by atoms with Crippen LogP contribution < -0.4 is 0 Å². The van der Waals surface area contributed by atoms with Gasteiger partial charge in [0.25, 0.3) is 5.89 Å². The smallest absolute Gasteiger partial charge is 0.257 e. The highest BCUT2D eigenvalue weighted by Crippen LogP contribution is 2.52. The molecule has 3 aromatic heterocycles. The molecule has 0 saturated carbocycles. The van der Waals surface area contributed by atoms with Crippen molar-refractivity contribution < 1.29 is 9.32 Å². The number of hydrogen-bond donors (Lipinski definition) is 0. The summed E-state index contributed by atoms with van der Waals surface area (Å²) in [5, 5.41) is 8.99. The summed E-state index contributed by atoms with van der Waals surface area (Å²) < 4.78 is 7.30. The first kappa shape index (κ1) is 22.1. The number of allylic oxidation sites excluding steroid dienone is 2. The maximum absolute atomic E-state index is 12.9. The van der Waals surface area contributed by atoms with Crippen LogP contribution in [0.2, 0.25) is 0 Å². The molecular formula is C28H24N6O2. The molecule has 8 heteroatoms. The Morgan fingerprint density at radius 2 is 2.00 bits per heavy atom. The van der Waals surface area contributed by atoms with E-state index >= 15 is 0 Å². The van der Waals surface area contributed by atoms with Gasteiger partial charge in [0.15, 0.2) is 11.6 Å². The summed E-state index contributed by atoms with van der Waals surface area (Å²) in [6.07, 6.45) is 7.12. The predicted octanol–water partition coefficient (Wildman–Crippen LogP) is 5.13. The largest absolute Gasteiger partial charge is 0.334 e. The lowest BCUT2D eigenvalue weighted by molar-refractivity contribution is -0.121. The Bertz CT molecular complexity index is 1560. The Hall–Kier alpha value is -4.38. The van der Waals surface area contributed by atoms with E-state index in [1.165, 1.54) is 0 Å². The normalized spacial score (nSPS) is 22.9. The highest BCUT2D eigenvalue weighted by atomic mass is 16.5. The molecule has 4 aromatic rings. The number of rotatable bonds is 3. The van der Waals surface area contributed by atoms with Crippen LogP contribution in [0.1, 0.15) is 37.4 Å². The molecular weight excluding hydrogens is 452 g/mol. The van der Waals surface area contributed by atoms with Crippen molar-refractivity contribution in [1.29, 1.82) is 0 Å². The monoisotopic (exact) mass is 476 g/mol. The average Bonchev–Trinajstić information content (AvgIpc) is 3.51. The third kappa shape index (κ3) is 3.23. The highest BCUT2D eigenvalue weighted by molar-refractivity contribution is 6.00. The van der Waals surface area contributed by atoms with Crippen LogP contribution in [0, 0.1) is 25.3 Å². The third-order valence-corrected chi connectivity index (χ3v) is 7.62. The Kier molecular flexibility index (Phi) is 4.97. The lowest BCUT2D eigenvalue weighted by Crippen LogP contribution is -2.46. The number of fused-ring (bicyclic) bond motifs is 3. The van der Waals surface area contributed by atoms with Crippen LogP contribution in [0.15, 0.2) is 65.1 Å². The van der Waals surface area contributed by atoms with E-state index in [4.69, 9.17) is 16.2 Å². The summed E-state index contributed by atoms with van der Waals surface area (Å²) in [7, 11) is 0. The minimum absolute atomic E-state index is 0.0614. The molecule has 0 amide bonds. The summed E-state index contributed by atoms with van der Waals surface area (Å²) in [6.45, 7) is 13.5. The van der Waals surface area contributed by atoms with Crippen molar-refractivity contribution in [2.24, 2.45) is 11.8 Å². The number of nitrogens with zero attached hydrogens (tertiary/aromatic N) is 6. The van der Waals surface area contributed by atoms with Crippen molar-refractivity contribution >= 4 is 5.78 Å². The van der Waals surface area contributed by atoms with Crippen LogP contribution in [-0.2, 0) is 16.6 Å². The van der Waals surface area contributed by atoms with Crippen molar-refractivity contribution in [3.05, 3.63) is 89.1 Å². The first-order valence-electron chi connectivity index (χ1n) is 12.0. The van der Waals surface area contributed by atoms with Crippen LogP contribution in [0.3, 0.4) is 0 Å². The minimum Gasteiger partial charge on any atom is -0.334 e. The number of Topliss-reactive ketones (excluding diaryl/α,β-unsaturated/α-hetero) is 1. The van der Waals surface area contributed by atoms with Gasteiger partial charge in [-0.2, -0.15) is 10.1 Å². The molecule has 0 aliphatic heterocycles. The van der Waals surface area contributed by atoms with Gasteiger partial charge in [-0.25, -0.2) is 9.53 Å². The Morgan fingerprint density at radius 3 is 2.67 bits per heavy atom. The number of aromatic nitrogens is 5. The molecule has 2 aliphatic rings. The summed E-state index contributed by atoms with van der Waals surface area (Å²) in [5.41, 5.74) is 5.40. The van der Waals surface area contributed by atoms with E-state index in [2.05, 4.69) is 26.9 Å². The SMILES string of the molecule is [C-]#[N+]C1=C[C@@]2(C)c3c(c(-c4cccnc4)nn3-c3ccc(-c4nc(C)no4)cc3)CC[C@@H]2[C@@H](C)C1=O. The van der Waals surface area contributed by atoms with Crippen molar-refractivity contribution in [1.82, 2.24) is 24.9 Å². The zero-order valence-electron chi connectivity index (χ0n) is 20.3. The molecule has 2 aliphatic carbocycles. The number of carbonyl (C=O) groups excluding carboxylic acids is 1. The van der Waals surface area contributed by atoms with Gasteiger partial charge >= 0.3 is 0 Å². The van der Waals surface area contributed by atoms with Gasteiger partial charge < -0.3 is 9.32 Å². The van der Waals surface area contributed by atoms with Crippen LogP contribution in [-0.4, -0.2) is 30.7 Å². The van der Waals surface area contributed by atoms with Crippen LogP contribution in [0.5, 0.6) is 0 Å². The van der Waals surface area contributed by atoms with Gasteiger partial charge in [0.05, 0.1) is 23.6 Å². The van der Waals surface area contributed by atoms with Gasteiger partial charge in [-0.1, -0.05) is 25.1 Å². The quantitative estimate of drug-likeness (QED) is 0.381. The van der Waals surface area contributed by atoms with E-state index in [0.717, 1.165) is 46.6 Å². The van der Waals surface area contributed by atoms with Gasteiger partial charge in [0, 0.05) is 40.4 Å². The minimum atomic E-state index is -0.517. The Balaban J connectivity index is 1.57.